The standard InChI is InChI=1S/4C14H26/c4*1-9(2)13-7-11-5-6-12(8-13)14(11)10(3)4/h4*9-14H,5-8H2,1-4H3. The normalized spacial score (nSPS) is 42.4. The van der Waals surface area contributed by atoms with Crippen LogP contribution in [0.4, 0.5) is 0 Å². The molecular weight excluding hydrogens is 673 g/mol. The third-order valence-corrected chi connectivity index (χ3v) is 19.7. The van der Waals surface area contributed by atoms with E-state index >= 15 is 0 Å². The first kappa shape index (κ1) is 47.1. The first-order valence-electron chi connectivity index (χ1n) is 26.4. The van der Waals surface area contributed by atoms with Crippen LogP contribution in [-0.2, 0) is 0 Å². The molecule has 8 bridgehead atoms. The Labute approximate surface area is 354 Å². The second-order valence-electron chi connectivity index (χ2n) is 25.6. The van der Waals surface area contributed by atoms with Gasteiger partial charge >= 0.3 is 0 Å². The molecule has 0 aromatic heterocycles. The molecule has 328 valence electrons. The quantitative estimate of drug-likeness (QED) is 0.230. The zero-order valence-corrected chi connectivity index (χ0v) is 41.2. The van der Waals surface area contributed by atoms with Crippen molar-refractivity contribution in [1.29, 1.82) is 0 Å². The minimum Gasteiger partial charge on any atom is -0.0625 e. The van der Waals surface area contributed by atoms with Crippen molar-refractivity contribution >= 4 is 0 Å². The molecule has 8 unspecified atom stereocenters. The Morgan fingerprint density at radius 2 is 0.321 bits per heavy atom. The van der Waals surface area contributed by atoms with E-state index in [0.29, 0.717) is 0 Å². The molecule has 8 fully saturated rings. The summed E-state index contributed by atoms with van der Waals surface area (Å²) in [6, 6.07) is 0. The second kappa shape index (κ2) is 20.7. The monoisotopic (exact) mass is 777 g/mol. The lowest BCUT2D eigenvalue weighted by Gasteiger charge is -2.39. The van der Waals surface area contributed by atoms with E-state index in [2.05, 4.69) is 111 Å². The molecule has 0 nitrogen and oxygen atoms in total. The van der Waals surface area contributed by atoms with E-state index < -0.39 is 0 Å². The second-order valence-corrected chi connectivity index (χ2v) is 25.6. The molecule has 0 aromatic carbocycles. The topological polar surface area (TPSA) is 0 Å². The van der Waals surface area contributed by atoms with Gasteiger partial charge in [-0.3, -0.25) is 0 Å². The van der Waals surface area contributed by atoms with Crippen LogP contribution in [0.5, 0.6) is 0 Å². The largest absolute Gasteiger partial charge is 0.0625 e. The minimum atomic E-state index is 0.922. The van der Waals surface area contributed by atoms with Crippen molar-refractivity contribution in [3.8, 4) is 0 Å². The lowest BCUT2D eigenvalue weighted by Crippen LogP contribution is -2.31. The predicted molar refractivity (Wildman–Crippen MR) is 248 cm³/mol. The summed E-state index contributed by atoms with van der Waals surface area (Å²) < 4.78 is 0. The SMILES string of the molecule is CC(C)C1CC2CCC(C1)C2C(C)C.CC(C)C1CC2CCC(C1)C2C(C)C.CC(C)C1CC2CCC(C1)C2C(C)C.CC(C)C1CC2CCC(C1)C2C(C)C. The molecule has 8 rings (SSSR count). The summed E-state index contributed by atoms with van der Waals surface area (Å²) in [6.07, 6.45) is 24.6. The first-order valence-corrected chi connectivity index (χ1v) is 26.4. The highest BCUT2D eigenvalue weighted by molar-refractivity contribution is 4.97. The van der Waals surface area contributed by atoms with Gasteiger partial charge in [0.15, 0.2) is 0 Å². The van der Waals surface area contributed by atoms with Crippen LogP contribution in [0.15, 0.2) is 0 Å². The first-order chi connectivity index (χ1) is 26.4. The smallest absolute Gasteiger partial charge is 0.0334 e. The van der Waals surface area contributed by atoms with Crippen molar-refractivity contribution in [1.82, 2.24) is 0 Å². The van der Waals surface area contributed by atoms with Crippen molar-refractivity contribution in [3.05, 3.63) is 0 Å². The molecule has 0 aliphatic heterocycles. The van der Waals surface area contributed by atoms with Gasteiger partial charge in [0, 0.05) is 0 Å². The lowest BCUT2D eigenvalue weighted by molar-refractivity contribution is 0.103. The molecular formula is C56H104. The predicted octanol–water partition coefficient (Wildman–Crippen LogP) is 17.4. The Balaban J connectivity index is 0.000000143. The van der Waals surface area contributed by atoms with Crippen LogP contribution >= 0.6 is 0 Å². The number of hydrogen-bond acceptors (Lipinski definition) is 0. The van der Waals surface area contributed by atoms with Crippen LogP contribution in [0, 0.1) is 142 Å². The number of hydrogen-bond donors (Lipinski definition) is 0. The van der Waals surface area contributed by atoms with Gasteiger partial charge in [-0.1, -0.05) is 111 Å². The molecule has 0 amide bonds. The molecule has 56 heavy (non-hydrogen) atoms. The maximum Gasteiger partial charge on any atom is -0.0334 e. The Bertz CT molecular complexity index is 889. The zero-order valence-electron chi connectivity index (χ0n) is 41.2. The highest BCUT2D eigenvalue weighted by atomic mass is 14.5. The lowest BCUT2D eigenvalue weighted by atomic mass is 9.66. The van der Waals surface area contributed by atoms with Gasteiger partial charge in [0.05, 0.1) is 0 Å². The summed E-state index contributed by atoms with van der Waals surface area (Å²) in [5, 5.41) is 0. The van der Waals surface area contributed by atoms with E-state index in [9.17, 15) is 0 Å². The van der Waals surface area contributed by atoms with E-state index in [1.807, 2.05) is 0 Å². The van der Waals surface area contributed by atoms with E-state index in [0.717, 1.165) is 142 Å². The van der Waals surface area contributed by atoms with Gasteiger partial charge in [-0.15, -0.1) is 0 Å². The Morgan fingerprint density at radius 1 is 0.196 bits per heavy atom. The molecule has 8 aliphatic carbocycles. The van der Waals surface area contributed by atoms with Crippen LogP contribution < -0.4 is 0 Å². The highest BCUT2D eigenvalue weighted by Crippen LogP contribution is 2.56. The summed E-state index contributed by atoms with van der Waals surface area (Å²) >= 11 is 0. The van der Waals surface area contributed by atoms with Crippen molar-refractivity contribution < 1.29 is 0 Å². The fraction of sp³-hybridized carbons (Fsp3) is 1.00. The van der Waals surface area contributed by atoms with Gasteiger partial charge in [0.2, 0.25) is 0 Å². The molecule has 0 heterocycles. The van der Waals surface area contributed by atoms with Gasteiger partial charge in [-0.25, -0.2) is 0 Å². The highest BCUT2D eigenvalue weighted by Gasteiger charge is 2.47. The van der Waals surface area contributed by atoms with Crippen LogP contribution in [0.2, 0.25) is 0 Å². The summed E-state index contributed by atoms with van der Waals surface area (Å²) in [7, 11) is 0. The van der Waals surface area contributed by atoms with E-state index in [1.165, 1.54) is 103 Å². The van der Waals surface area contributed by atoms with Gasteiger partial charge in [-0.05, 0) is 245 Å². The fourth-order valence-corrected chi connectivity index (χ4v) is 17.0. The van der Waals surface area contributed by atoms with E-state index in [4.69, 9.17) is 0 Å². The van der Waals surface area contributed by atoms with Crippen LogP contribution in [0.3, 0.4) is 0 Å². The molecule has 0 radical (unpaired) electrons. The minimum absolute atomic E-state index is 0.922. The van der Waals surface area contributed by atoms with E-state index in [1.54, 1.807) is 0 Å². The number of rotatable bonds is 8. The molecule has 0 saturated heterocycles. The molecule has 8 aliphatic rings. The summed E-state index contributed by atoms with van der Waals surface area (Å²) in [5.41, 5.74) is 0. The Hall–Kier alpha value is 0. The van der Waals surface area contributed by atoms with Crippen molar-refractivity contribution in [2.24, 2.45) is 142 Å². The number of fused-ring (bicyclic) bond motifs is 8. The summed E-state index contributed by atoms with van der Waals surface area (Å²) in [4.78, 5) is 0. The van der Waals surface area contributed by atoms with Gasteiger partial charge < -0.3 is 0 Å². The molecule has 0 spiro atoms. The summed E-state index contributed by atoms with van der Waals surface area (Å²) in [5.74, 6) is 24.6. The average molecular weight is 777 g/mol. The Kier molecular flexibility index (Phi) is 17.4. The van der Waals surface area contributed by atoms with Gasteiger partial charge in [0.1, 0.15) is 0 Å². The fourth-order valence-electron chi connectivity index (χ4n) is 17.0. The van der Waals surface area contributed by atoms with Crippen LogP contribution in [0.25, 0.3) is 0 Å². The molecule has 0 aromatic rings. The van der Waals surface area contributed by atoms with Crippen molar-refractivity contribution in [3.63, 3.8) is 0 Å². The van der Waals surface area contributed by atoms with E-state index in [-0.39, 0.29) is 0 Å². The Morgan fingerprint density at radius 3 is 0.411 bits per heavy atom. The molecule has 0 N–H and O–H groups in total. The molecule has 0 heteroatoms. The van der Waals surface area contributed by atoms with Gasteiger partial charge in [-0.2, -0.15) is 0 Å². The zero-order chi connectivity index (χ0) is 41.2. The summed E-state index contributed by atoms with van der Waals surface area (Å²) in [6.45, 7) is 38.8. The molecule has 8 saturated carbocycles. The maximum absolute atomic E-state index is 2.44. The van der Waals surface area contributed by atoms with Crippen LogP contribution in [0.1, 0.15) is 214 Å². The third kappa shape index (κ3) is 11.3. The van der Waals surface area contributed by atoms with Crippen LogP contribution in [-0.4, -0.2) is 0 Å². The van der Waals surface area contributed by atoms with Crippen molar-refractivity contribution in [2.45, 2.75) is 214 Å². The average Bonchev–Trinajstić information content (AvgIpc) is 3.76. The van der Waals surface area contributed by atoms with Gasteiger partial charge in [0.25, 0.3) is 0 Å². The third-order valence-electron chi connectivity index (χ3n) is 19.7. The van der Waals surface area contributed by atoms with Crippen molar-refractivity contribution in [2.75, 3.05) is 0 Å². The maximum atomic E-state index is 2.44. The molecule has 8 atom stereocenters.